The van der Waals surface area contributed by atoms with Crippen molar-refractivity contribution in [3.05, 3.63) is 35.5 Å². The second kappa shape index (κ2) is 9.83. The lowest BCUT2D eigenvalue weighted by molar-refractivity contribution is -0.140. The van der Waals surface area contributed by atoms with Crippen molar-refractivity contribution in [1.29, 1.82) is 0 Å². The summed E-state index contributed by atoms with van der Waals surface area (Å²) < 4.78 is 5.56. The first kappa shape index (κ1) is 21.8. The lowest BCUT2D eigenvalue weighted by atomic mass is 10.0. The second-order valence-corrected chi connectivity index (χ2v) is 8.60. The van der Waals surface area contributed by atoms with E-state index >= 15 is 0 Å². The van der Waals surface area contributed by atoms with Crippen molar-refractivity contribution in [1.82, 2.24) is 14.7 Å². The molecule has 0 bridgehead atoms. The largest absolute Gasteiger partial charge is 0.496 e. The Labute approximate surface area is 184 Å². The van der Waals surface area contributed by atoms with Crippen LogP contribution in [0.3, 0.4) is 0 Å². The molecule has 1 saturated heterocycles. The summed E-state index contributed by atoms with van der Waals surface area (Å²) in [6.45, 7) is 3.59. The van der Waals surface area contributed by atoms with Gasteiger partial charge >= 0.3 is 0 Å². The monoisotopic (exact) mass is 427 g/mol. The number of benzene rings is 1. The Bertz CT molecular complexity index is 837. The molecular weight excluding hydrogens is 394 g/mol. The van der Waals surface area contributed by atoms with Crippen LogP contribution in [0.15, 0.2) is 30.0 Å². The van der Waals surface area contributed by atoms with Crippen LogP contribution in [0.1, 0.15) is 44.1 Å². The van der Waals surface area contributed by atoms with E-state index in [1.807, 2.05) is 24.3 Å². The van der Waals surface area contributed by atoms with E-state index in [0.29, 0.717) is 42.2 Å². The van der Waals surface area contributed by atoms with Crippen molar-refractivity contribution >= 4 is 17.4 Å². The topological polar surface area (TPSA) is 73.3 Å². The highest BCUT2D eigenvalue weighted by Crippen LogP contribution is 2.39. The first-order valence-corrected chi connectivity index (χ1v) is 11.5. The van der Waals surface area contributed by atoms with Crippen LogP contribution < -0.4 is 4.74 Å². The van der Waals surface area contributed by atoms with E-state index in [9.17, 15) is 14.7 Å². The Balaban J connectivity index is 1.71. The minimum absolute atomic E-state index is 0.0274. The molecule has 0 spiro atoms. The van der Waals surface area contributed by atoms with Gasteiger partial charge in [-0.05, 0) is 18.9 Å². The van der Waals surface area contributed by atoms with Gasteiger partial charge in [0.2, 0.25) is 0 Å². The molecule has 2 amide bonds. The molecule has 3 aliphatic rings. The molecule has 1 aromatic carbocycles. The maximum atomic E-state index is 13.7. The minimum Gasteiger partial charge on any atom is -0.496 e. The number of hydrogen-bond donors (Lipinski definition) is 1. The molecule has 2 heterocycles. The zero-order chi connectivity index (χ0) is 21.8. The molecule has 2 aliphatic heterocycles. The molecule has 0 unspecified atom stereocenters. The number of nitrogens with zero attached hydrogens (tertiary/aromatic N) is 3. The zero-order valence-corrected chi connectivity index (χ0v) is 18.4. The highest BCUT2D eigenvalue weighted by Gasteiger charge is 2.45. The van der Waals surface area contributed by atoms with E-state index in [-0.39, 0.29) is 24.5 Å². The quantitative estimate of drug-likeness (QED) is 0.554. The zero-order valence-electron chi connectivity index (χ0n) is 18.4. The summed E-state index contributed by atoms with van der Waals surface area (Å²) in [5.74, 6) is 0.264. The molecule has 0 radical (unpaired) electrons. The van der Waals surface area contributed by atoms with Crippen LogP contribution >= 0.6 is 0 Å². The molecule has 31 heavy (non-hydrogen) atoms. The van der Waals surface area contributed by atoms with Crippen LogP contribution in [-0.4, -0.2) is 84.1 Å². The van der Waals surface area contributed by atoms with E-state index < -0.39 is 0 Å². The van der Waals surface area contributed by atoms with Crippen LogP contribution in [0, 0.1) is 0 Å². The van der Waals surface area contributed by atoms with Crippen LogP contribution in [0.2, 0.25) is 0 Å². The number of para-hydroxylation sites is 1. The summed E-state index contributed by atoms with van der Waals surface area (Å²) in [5, 5.41) is 9.24. The van der Waals surface area contributed by atoms with Crippen molar-refractivity contribution < 1.29 is 19.4 Å². The number of imide groups is 1. The second-order valence-electron chi connectivity index (χ2n) is 8.60. The number of carbonyl (C=O) groups excluding carboxylic acids is 2. The average molecular weight is 428 g/mol. The minimum atomic E-state index is -0.186. The molecule has 1 aromatic rings. The van der Waals surface area contributed by atoms with E-state index in [1.165, 1.54) is 12.8 Å². The SMILES string of the molecule is COc1ccccc1C1=C(N2CCN(CCO)CC2)C(=O)N(C2CCCCCC2)C1=O. The smallest absolute Gasteiger partial charge is 0.278 e. The molecule has 168 valence electrons. The number of piperazine rings is 1. The van der Waals surface area contributed by atoms with Crippen LogP contribution in [-0.2, 0) is 9.59 Å². The van der Waals surface area contributed by atoms with Crippen LogP contribution in [0.25, 0.3) is 5.57 Å². The number of rotatable bonds is 6. The predicted molar refractivity (Wildman–Crippen MR) is 118 cm³/mol. The van der Waals surface area contributed by atoms with Crippen molar-refractivity contribution in [3.8, 4) is 5.75 Å². The summed E-state index contributed by atoms with van der Waals surface area (Å²) in [6, 6.07) is 7.44. The summed E-state index contributed by atoms with van der Waals surface area (Å²) in [7, 11) is 1.59. The maximum absolute atomic E-state index is 13.7. The molecule has 1 aliphatic carbocycles. The van der Waals surface area contributed by atoms with Crippen LogP contribution in [0.4, 0.5) is 0 Å². The lowest BCUT2D eigenvalue weighted by Crippen LogP contribution is -2.49. The summed E-state index contributed by atoms with van der Waals surface area (Å²) in [4.78, 5) is 33.3. The van der Waals surface area contributed by atoms with Crippen molar-refractivity contribution in [2.75, 3.05) is 46.4 Å². The van der Waals surface area contributed by atoms with Gasteiger partial charge in [-0.25, -0.2) is 0 Å². The molecule has 4 rings (SSSR count). The molecule has 0 aromatic heterocycles. The molecular formula is C24H33N3O4. The first-order chi connectivity index (χ1) is 15.2. The Hall–Kier alpha value is -2.38. The van der Waals surface area contributed by atoms with E-state index in [2.05, 4.69) is 9.80 Å². The van der Waals surface area contributed by atoms with Gasteiger partial charge in [0.05, 0.1) is 19.3 Å². The van der Waals surface area contributed by atoms with Gasteiger partial charge in [0.1, 0.15) is 11.4 Å². The van der Waals surface area contributed by atoms with Crippen molar-refractivity contribution in [2.45, 2.75) is 44.6 Å². The fourth-order valence-electron chi connectivity index (χ4n) is 5.11. The number of hydrogen-bond acceptors (Lipinski definition) is 6. The van der Waals surface area contributed by atoms with E-state index in [1.54, 1.807) is 12.0 Å². The fraction of sp³-hybridized carbons (Fsp3) is 0.583. The van der Waals surface area contributed by atoms with Gasteiger partial charge in [-0.3, -0.25) is 19.4 Å². The van der Waals surface area contributed by atoms with Gasteiger partial charge in [-0.15, -0.1) is 0 Å². The van der Waals surface area contributed by atoms with E-state index in [0.717, 1.165) is 38.8 Å². The highest BCUT2D eigenvalue weighted by atomic mass is 16.5. The van der Waals surface area contributed by atoms with Gasteiger partial charge in [0.25, 0.3) is 11.8 Å². The Morgan fingerprint density at radius 2 is 1.65 bits per heavy atom. The van der Waals surface area contributed by atoms with E-state index in [4.69, 9.17) is 4.74 Å². The third-order valence-electron chi connectivity index (χ3n) is 6.76. The summed E-state index contributed by atoms with van der Waals surface area (Å²) in [5.41, 5.74) is 1.68. The molecule has 1 saturated carbocycles. The van der Waals surface area contributed by atoms with Gasteiger partial charge in [-0.1, -0.05) is 43.9 Å². The number of aliphatic hydroxyl groups is 1. The summed E-state index contributed by atoms with van der Waals surface area (Å²) >= 11 is 0. The number of β-amino-alcohol motifs (C(OH)–C–C–N with tert-alkyl or cyclic N) is 1. The normalized spacial score (nSPS) is 21.7. The predicted octanol–water partition coefficient (Wildman–Crippen LogP) is 2.11. The van der Waals surface area contributed by atoms with Crippen molar-refractivity contribution in [3.63, 3.8) is 0 Å². The van der Waals surface area contributed by atoms with Gasteiger partial charge in [0, 0.05) is 44.3 Å². The Morgan fingerprint density at radius 1 is 0.968 bits per heavy atom. The Kier molecular flexibility index (Phi) is 6.92. The third-order valence-corrected chi connectivity index (χ3v) is 6.76. The fourth-order valence-corrected chi connectivity index (χ4v) is 5.11. The van der Waals surface area contributed by atoms with Gasteiger partial charge in [-0.2, -0.15) is 0 Å². The highest BCUT2D eigenvalue weighted by molar-refractivity contribution is 6.36. The number of carbonyl (C=O) groups is 2. The average Bonchev–Trinajstić information content (AvgIpc) is 2.95. The third kappa shape index (κ3) is 4.34. The molecule has 7 heteroatoms. The maximum Gasteiger partial charge on any atom is 0.278 e. The van der Waals surface area contributed by atoms with Crippen LogP contribution in [0.5, 0.6) is 5.75 Å². The molecule has 7 nitrogen and oxygen atoms in total. The standard InChI is InChI=1S/C24H33N3O4/c1-31-20-11-7-6-10-19(20)21-22(26-14-12-25(13-15-26)16-17-28)24(30)27(23(21)29)18-8-4-2-3-5-9-18/h6-7,10-11,18,28H,2-5,8-9,12-17H2,1H3. The lowest BCUT2D eigenvalue weighted by Gasteiger charge is -2.36. The molecule has 0 atom stereocenters. The number of aliphatic hydroxyl groups excluding tert-OH is 1. The number of methoxy groups -OCH3 is 1. The molecule has 1 N–H and O–H groups in total. The summed E-state index contributed by atoms with van der Waals surface area (Å²) in [6.07, 6.45) is 6.21. The van der Waals surface area contributed by atoms with Gasteiger partial charge < -0.3 is 14.7 Å². The Morgan fingerprint density at radius 3 is 2.29 bits per heavy atom. The van der Waals surface area contributed by atoms with Gasteiger partial charge in [0.15, 0.2) is 0 Å². The number of ether oxygens (including phenoxy) is 1. The number of amides is 2. The van der Waals surface area contributed by atoms with Crippen molar-refractivity contribution in [2.24, 2.45) is 0 Å². The first-order valence-electron chi connectivity index (χ1n) is 11.5. The molecule has 2 fully saturated rings.